The van der Waals surface area contributed by atoms with Crippen LogP contribution in [0.3, 0.4) is 0 Å². The number of fused-ring (bicyclic) bond motifs is 1. The van der Waals surface area contributed by atoms with Crippen molar-refractivity contribution in [2.75, 3.05) is 0 Å². The van der Waals surface area contributed by atoms with E-state index in [2.05, 4.69) is 13.0 Å². The highest BCUT2D eigenvalue weighted by atomic mass is 16.5. The van der Waals surface area contributed by atoms with Crippen molar-refractivity contribution in [3.8, 4) is 11.5 Å². The average Bonchev–Trinajstić information content (AvgIpc) is 2.44. The second kappa shape index (κ2) is 5.08. The molecule has 1 aliphatic heterocycles. The lowest BCUT2D eigenvalue weighted by atomic mass is 9.91. The highest BCUT2D eigenvalue weighted by Crippen LogP contribution is 2.41. The third kappa shape index (κ3) is 2.49. The van der Waals surface area contributed by atoms with Gasteiger partial charge in [-0.1, -0.05) is 17.7 Å². The Morgan fingerprint density at radius 3 is 2.43 bits per heavy atom. The molecule has 2 atom stereocenters. The normalized spacial score (nSPS) is 20.8. The summed E-state index contributed by atoms with van der Waals surface area (Å²) in [6, 6.07) is 10.1. The molecular weight excluding hydrogens is 262 g/mol. The largest absolute Gasteiger partial charge is 0.507 e. The monoisotopic (exact) mass is 283 g/mol. The van der Waals surface area contributed by atoms with Crippen molar-refractivity contribution in [1.82, 2.24) is 0 Å². The van der Waals surface area contributed by atoms with E-state index >= 15 is 0 Å². The molecule has 1 aliphatic rings. The molecule has 2 aromatic rings. The molecule has 1 unspecified atom stereocenters. The molecule has 2 aromatic carbocycles. The number of rotatable bonds is 1. The van der Waals surface area contributed by atoms with E-state index in [0.29, 0.717) is 5.75 Å². The Balaban J connectivity index is 1.98. The van der Waals surface area contributed by atoms with E-state index in [9.17, 15) is 5.11 Å². The summed E-state index contributed by atoms with van der Waals surface area (Å²) >= 11 is 0. The van der Waals surface area contributed by atoms with Gasteiger partial charge in [0, 0.05) is 18.0 Å². The first-order valence-corrected chi connectivity index (χ1v) is 7.28. The van der Waals surface area contributed by atoms with Gasteiger partial charge >= 0.3 is 0 Å². The van der Waals surface area contributed by atoms with E-state index in [-0.39, 0.29) is 12.1 Å². The van der Waals surface area contributed by atoms with E-state index in [1.807, 2.05) is 38.1 Å². The lowest BCUT2D eigenvalue weighted by molar-refractivity contribution is 0.161. The fourth-order valence-electron chi connectivity index (χ4n) is 3.00. The third-order valence-corrected chi connectivity index (χ3v) is 4.19. The van der Waals surface area contributed by atoms with Gasteiger partial charge in [0.2, 0.25) is 0 Å². The summed E-state index contributed by atoms with van der Waals surface area (Å²) < 4.78 is 6.13. The number of phenolic OH excluding ortho intramolecular Hbond substituents is 1. The molecule has 0 radical (unpaired) electrons. The van der Waals surface area contributed by atoms with E-state index < -0.39 is 0 Å². The summed E-state index contributed by atoms with van der Waals surface area (Å²) in [6.45, 7) is 5.88. The maximum absolute atomic E-state index is 9.90. The first-order chi connectivity index (χ1) is 9.95. The van der Waals surface area contributed by atoms with Crippen LogP contribution in [0, 0.1) is 20.8 Å². The first-order valence-electron chi connectivity index (χ1n) is 7.28. The van der Waals surface area contributed by atoms with Gasteiger partial charge < -0.3 is 15.6 Å². The van der Waals surface area contributed by atoms with Crippen molar-refractivity contribution in [2.24, 2.45) is 5.73 Å². The summed E-state index contributed by atoms with van der Waals surface area (Å²) in [6.07, 6.45) is 0.688. The van der Waals surface area contributed by atoms with E-state index in [1.54, 1.807) is 0 Å². The van der Waals surface area contributed by atoms with Gasteiger partial charge in [-0.2, -0.15) is 0 Å². The predicted octanol–water partition coefficient (Wildman–Crippen LogP) is 3.84. The minimum atomic E-state index is -0.0618. The van der Waals surface area contributed by atoms with Crippen LogP contribution >= 0.6 is 0 Å². The Hall–Kier alpha value is -2.00. The number of phenols is 1. The lowest BCUT2D eigenvalue weighted by Gasteiger charge is -2.31. The fraction of sp³-hybridized carbons (Fsp3) is 0.333. The van der Waals surface area contributed by atoms with Gasteiger partial charge in [0.05, 0.1) is 0 Å². The highest BCUT2D eigenvalue weighted by Gasteiger charge is 2.27. The Morgan fingerprint density at radius 1 is 1.10 bits per heavy atom. The summed E-state index contributed by atoms with van der Waals surface area (Å²) in [5.41, 5.74) is 11.4. The van der Waals surface area contributed by atoms with Crippen LogP contribution in [0.2, 0.25) is 0 Å². The molecule has 0 saturated carbocycles. The van der Waals surface area contributed by atoms with Crippen LogP contribution in [0.1, 0.15) is 46.4 Å². The van der Waals surface area contributed by atoms with Crippen LogP contribution in [0.25, 0.3) is 0 Å². The molecule has 0 aliphatic carbocycles. The summed E-state index contributed by atoms with van der Waals surface area (Å²) in [7, 11) is 0. The van der Waals surface area contributed by atoms with Gasteiger partial charge in [-0.25, -0.2) is 0 Å². The van der Waals surface area contributed by atoms with Crippen LogP contribution in [0.5, 0.6) is 11.5 Å². The topological polar surface area (TPSA) is 55.5 Å². The summed E-state index contributed by atoms with van der Waals surface area (Å²) in [5.74, 6) is 1.22. The van der Waals surface area contributed by atoms with Gasteiger partial charge in [0.1, 0.15) is 17.6 Å². The molecule has 0 bridgehead atoms. The molecule has 1 heterocycles. The second-order valence-electron chi connectivity index (χ2n) is 5.99. The molecule has 0 saturated heterocycles. The predicted molar refractivity (Wildman–Crippen MR) is 83.7 cm³/mol. The molecule has 0 spiro atoms. The maximum Gasteiger partial charge on any atom is 0.126 e. The van der Waals surface area contributed by atoms with E-state index in [0.717, 1.165) is 34.4 Å². The Bertz CT molecular complexity index is 671. The zero-order chi connectivity index (χ0) is 15.1. The van der Waals surface area contributed by atoms with E-state index in [1.165, 1.54) is 5.56 Å². The summed E-state index contributed by atoms with van der Waals surface area (Å²) in [5, 5.41) is 9.90. The number of ether oxygens (including phenoxy) is 1. The van der Waals surface area contributed by atoms with Gasteiger partial charge in [0.25, 0.3) is 0 Å². The zero-order valence-electron chi connectivity index (χ0n) is 12.7. The number of aromatic hydroxyl groups is 1. The number of aryl methyl sites for hydroxylation is 3. The Kier molecular flexibility index (Phi) is 3.38. The van der Waals surface area contributed by atoms with E-state index in [4.69, 9.17) is 10.5 Å². The molecule has 0 amide bonds. The number of nitrogens with two attached hydrogens (primary N) is 1. The van der Waals surface area contributed by atoms with Crippen molar-refractivity contribution in [1.29, 1.82) is 0 Å². The molecule has 21 heavy (non-hydrogen) atoms. The van der Waals surface area contributed by atoms with Crippen molar-refractivity contribution >= 4 is 0 Å². The van der Waals surface area contributed by atoms with Gasteiger partial charge in [-0.05, 0) is 55.7 Å². The quantitative estimate of drug-likeness (QED) is 0.836. The molecule has 0 aromatic heterocycles. The van der Waals surface area contributed by atoms with Crippen molar-refractivity contribution in [3.63, 3.8) is 0 Å². The van der Waals surface area contributed by atoms with Crippen LogP contribution < -0.4 is 10.5 Å². The third-order valence-electron chi connectivity index (χ3n) is 4.19. The van der Waals surface area contributed by atoms with Crippen molar-refractivity contribution < 1.29 is 9.84 Å². The summed E-state index contributed by atoms with van der Waals surface area (Å²) in [4.78, 5) is 0. The molecule has 0 fully saturated rings. The molecule has 3 N–H and O–H groups in total. The van der Waals surface area contributed by atoms with Crippen LogP contribution in [0.15, 0.2) is 30.3 Å². The maximum atomic E-state index is 9.90. The first kappa shape index (κ1) is 14.0. The molecule has 3 rings (SSSR count). The molecular formula is C18H21NO2. The molecule has 3 nitrogen and oxygen atoms in total. The fourth-order valence-corrected chi connectivity index (χ4v) is 3.00. The smallest absolute Gasteiger partial charge is 0.126 e. The average molecular weight is 283 g/mol. The minimum Gasteiger partial charge on any atom is -0.507 e. The van der Waals surface area contributed by atoms with Crippen LogP contribution in [-0.4, -0.2) is 5.11 Å². The zero-order valence-corrected chi connectivity index (χ0v) is 12.7. The lowest BCUT2D eigenvalue weighted by Crippen LogP contribution is -2.24. The van der Waals surface area contributed by atoms with Crippen LogP contribution in [-0.2, 0) is 0 Å². The van der Waals surface area contributed by atoms with Gasteiger partial charge in [0.15, 0.2) is 0 Å². The van der Waals surface area contributed by atoms with Crippen LogP contribution in [0.4, 0.5) is 0 Å². The minimum absolute atomic E-state index is 0.0203. The SMILES string of the molecule is Cc1ccc2c(c1)[C@@H](N)CC(c1cc(C)c(O)c(C)c1)O2. The molecule has 3 heteroatoms. The highest BCUT2D eigenvalue weighted by molar-refractivity contribution is 5.45. The second-order valence-corrected chi connectivity index (χ2v) is 5.99. The van der Waals surface area contributed by atoms with Gasteiger partial charge in [-0.3, -0.25) is 0 Å². The number of hydrogen-bond donors (Lipinski definition) is 2. The molecule has 110 valence electrons. The Labute approximate surface area is 125 Å². The number of hydrogen-bond acceptors (Lipinski definition) is 3. The van der Waals surface area contributed by atoms with Crippen molar-refractivity contribution in [2.45, 2.75) is 39.3 Å². The van der Waals surface area contributed by atoms with Gasteiger partial charge in [-0.15, -0.1) is 0 Å². The standard InChI is InChI=1S/C18H21NO2/c1-10-4-5-16-14(6-10)15(19)9-17(21-16)13-7-11(2)18(20)12(3)8-13/h4-8,15,17,20H,9,19H2,1-3H3/t15-,17?/m0/s1. The van der Waals surface area contributed by atoms with Crippen molar-refractivity contribution in [3.05, 3.63) is 58.1 Å². The Morgan fingerprint density at radius 2 is 1.76 bits per heavy atom. The number of benzene rings is 2.